The predicted octanol–water partition coefficient (Wildman–Crippen LogP) is 4.01. The predicted molar refractivity (Wildman–Crippen MR) is 127 cm³/mol. The molecule has 3 aromatic heterocycles. The fraction of sp³-hybridized carbons (Fsp3) is 0.400. The number of fused-ring (bicyclic) bond motifs is 3. The highest BCUT2D eigenvalue weighted by Crippen LogP contribution is 2.29. The third-order valence-electron chi connectivity index (χ3n) is 6.32. The van der Waals surface area contributed by atoms with Crippen LogP contribution in [-0.4, -0.2) is 50.2 Å². The number of nitrogens with zero attached hydrogens (tertiary/aromatic N) is 5. The minimum atomic E-state index is -0.0213. The number of aryl methyl sites for hydroxylation is 1. The lowest BCUT2D eigenvalue weighted by atomic mass is 10.0. The molecule has 7 nitrogen and oxygen atoms in total. The van der Waals surface area contributed by atoms with Crippen LogP contribution in [0.2, 0.25) is 0 Å². The molecule has 1 aliphatic rings. The van der Waals surface area contributed by atoms with Crippen LogP contribution in [-0.2, 0) is 7.05 Å². The van der Waals surface area contributed by atoms with Crippen molar-refractivity contribution < 1.29 is 4.74 Å². The van der Waals surface area contributed by atoms with Gasteiger partial charge in [0.1, 0.15) is 0 Å². The van der Waals surface area contributed by atoms with Gasteiger partial charge in [0.2, 0.25) is 5.88 Å². The van der Waals surface area contributed by atoms with E-state index in [4.69, 9.17) is 4.74 Å². The summed E-state index contributed by atoms with van der Waals surface area (Å²) in [4.78, 5) is 24.3. The number of hydrogen-bond donors (Lipinski definition) is 0. The van der Waals surface area contributed by atoms with Crippen molar-refractivity contribution in [1.82, 2.24) is 24.0 Å². The van der Waals surface area contributed by atoms with Gasteiger partial charge in [-0.1, -0.05) is 6.07 Å². The van der Waals surface area contributed by atoms with E-state index in [1.807, 2.05) is 48.9 Å². The summed E-state index contributed by atoms with van der Waals surface area (Å²) in [6, 6.07) is 10.2. The highest BCUT2D eigenvalue weighted by molar-refractivity contribution is 6.04. The molecule has 0 aliphatic carbocycles. The normalized spacial score (nSPS) is 14.4. The van der Waals surface area contributed by atoms with Gasteiger partial charge in [-0.2, -0.15) is 0 Å². The Balaban J connectivity index is 1.43. The maximum atomic E-state index is 12.8. The van der Waals surface area contributed by atoms with Gasteiger partial charge in [0.25, 0.3) is 0 Å². The van der Waals surface area contributed by atoms with E-state index >= 15 is 0 Å². The summed E-state index contributed by atoms with van der Waals surface area (Å²) in [5, 5.41) is 0.970. The zero-order chi connectivity index (χ0) is 22.2. The first-order valence-corrected chi connectivity index (χ1v) is 11.3. The van der Waals surface area contributed by atoms with Gasteiger partial charge in [-0.05, 0) is 63.5 Å². The Kier molecular flexibility index (Phi) is 5.43. The first-order valence-electron chi connectivity index (χ1n) is 11.3. The van der Waals surface area contributed by atoms with Crippen LogP contribution in [0.1, 0.15) is 32.7 Å². The number of hydrogen-bond acceptors (Lipinski definition) is 5. The van der Waals surface area contributed by atoms with Crippen molar-refractivity contribution in [2.45, 2.75) is 32.7 Å². The van der Waals surface area contributed by atoms with E-state index in [1.165, 1.54) is 19.5 Å². The largest absolute Gasteiger partial charge is 0.478 e. The average molecular weight is 432 g/mol. The smallest absolute Gasteiger partial charge is 0.329 e. The zero-order valence-corrected chi connectivity index (χ0v) is 18.9. The first kappa shape index (κ1) is 20.7. The van der Waals surface area contributed by atoms with Gasteiger partial charge in [0.15, 0.2) is 0 Å². The van der Waals surface area contributed by atoms with E-state index in [1.54, 1.807) is 17.8 Å². The molecule has 0 radical (unpaired) electrons. The van der Waals surface area contributed by atoms with E-state index < -0.39 is 0 Å². The summed E-state index contributed by atoms with van der Waals surface area (Å²) in [7, 11) is 1.80. The van der Waals surface area contributed by atoms with Gasteiger partial charge in [-0.25, -0.2) is 9.78 Å². The van der Waals surface area contributed by atoms with E-state index in [0.29, 0.717) is 12.5 Å². The van der Waals surface area contributed by atoms with Crippen LogP contribution < -0.4 is 10.4 Å². The molecule has 0 N–H and O–H groups in total. The Morgan fingerprint density at radius 2 is 1.88 bits per heavy atom. The van der Waals surface area contributed by atoms with Crippen molar-refractivity contribution >= 4 is 21.9 Å². The molecule has 32 heavy (non-hydrogen) atoms. The van der Waals surface area contributed by atoms with Crippen LogP contribution in [0.3, 0.4) is 0 Å². The van der Waals surface area contributed by atoms with E-state index in [0.717, 1.165) is 46.0 Å². The topological polar surface area (TPSA) is 65.2 Å². The zero-order valence-electron chi connectivity index (χ0n) is 18.9. The summed E-state index contributed by atoms with van der Waals surface area (Å²) < 4.78 is 9.33. The molecular formula is C25H29N5O2. The van der Waals surface area contributed by atoms with Crippen LogP contribution in [0.4, 0.5) is 0 Å². The van der Waals surface area contributed by atoms with Crippen molar-refractivity contribution in [2.75, 3.05) is 26.2 Å². The molecule has 5 rings (SSSR count). The van der Waals surface area contributed by atoms with Gasteiger partial charge in [0, 0.05) is 42.8 Å². The summed E-state index contributed by atoms with van der Waals surface area (Å²) >= 11 is 0. The second kappa shape index (κ2) is 8.39. The third kappa shape index (κ3) is 3.66. The molecule has 0 saturated carbocycles. The van der Waals surface area contributed by atoms with Gasteiger partial charge < -0.3 is 9.64 Å². The maximum Gasteiger partial charge on any atom is 0.329 e. The Morgan fingerprint density at radius 1 is 1.06 bits per heavy atom. The Morgan fingerprint density at radius 3 is 2.56 bits per heavy atom. The van der Waals surface area contributed by atoms with Crippen molar-refractivity contribution in [3.05, 3.63) is 53.2 Å². The monoisotopic (exact) mass is 431 g/mol. The Bertz CT molecular complexity index is 1320. The molecule has 1 aromatic carbocycles. The number of likely N-dealkylation sites (tertiary alicyclic amines) is 1. The summed E-state index contributed by atoms with van der Waals surface area (Å²) in [6.45, 7) is 8.28. The minimum absolute atomic E-state index is 0.0213. The molecule has 7 heteroatoms. The fourth-order valence-electron chi connectivity index (χ4n) is 4.39. The van der Waals surface area contributed by atoms with Gasteiger partial charge in [-0.3, -0.25) is 14.1 Å². The molecule has 1 saturated heterocycles. The standard InChI is InChI=1S/C25H29N5O2/c1-17(2)30-24-20-14-18(6-8-21(20)26-16-22(24)28(3)25(30)31)19-7-9-23(27-15-19)32-13-5-12-29-10-4-11-29/h6-9,14-17H,4-5,10-13H2,1-3H3. The number of aromatic nitrogens is 4. The quantitative estimate of drug-likeness (QED) is 0.414. The first-order chi connectivity index (χ1) is 15.5. The molecule has 1 aliphatic heterocycles. The molecular weight excluding hydrogens is 402 g/mol. The van der Waals surface area contributed by atoms with Crippen molar-refractivity contribution in [3.8, 4) is 17.0 Å². The number of benzene rings is 1. The molecule has 4 aromatic rings. The van der Waals surface area contributed by atoms with Crippen molar-refractivity contribution in [3.63, 3.8) is 0 Å². The maximum absolute atomic E-state index is 12.8. The second-order valence-electron chi connectivity index (χ2n) is 8.81. The van der Waals surface area contributed by atoms with Gasteiger partial charge in [-0.15, -0.1) is 0 Å². The van der Waals surface area contributed by atoms with Crippen LogP contribution in [0.15, 0.2) is 47.5 Å². The summed E-state index contributed by atoms with van der Waals surface area (Å²) in [5.74, 6) is 0.652. The van der Waals surface area contributed by atoms with Crippen LogP contribution in [0.5, 0.6) is 5.88 Å². The van der Waals surface area contributed by atoms with Crippen LogP contribution in [0.25, 0.3) is 33.1 Å². The van der Waals surface area contributed by atoms with Gasteiger partial charge >= 0.3 is 5.69 Å². The highest BCUT2D eigenvalue weighted by atomic mass is 16.5. The lowest BCUT2D eigenvalue weighted by molar-refractivity contribution is 0.164. The minimum Gasteiger partial charge on any atom is -0.478 e. The Hall–Kier alpha value is -3.19. The number of pyridine rings is 2. The molecule has 0 unspecified atom stereocenters. The van der Waals surface area contributed by atoms with Crippen molar-refractivity contribution in [2.24, 2.45) is 7.05 Å². The fourth-order valence-corrected chi connectivity index (χ4v) is 4.39. The number of rotatable bonds is 7. The van der Waals surface area contributed by atoms with Crippen molar-refractivity contribution in [1.29, 1.82) is 0 Å². The van der Waals surface area contributed by atoms with Crippen LogP contribution >= 0.6 is 0 Å². The lowest BCUT2D eigenvalue weighted by Crippen LogP contribution is -2.38. The molecule has 1 fully saturated rings. The molecule has 0 atom stereocenters. The molecule has 0 bridgehead atoms. The van der Waals surface area contributed by atoms with Gasteiger partial charge in [0.05, 0.1) is 29.4 Å². The second-order valence-corrected chi connectivity index (χ2v) is 8.81. The molecule has 0 spiro atoms. The molecule has 166 valence electrons. The molecule has 0 amide bonds. The lowest BCUT2D eigenvalue weighted by Gasteiger charge is -2.30. The third-order valence-corrected chi connectivity index (χ3v) is 6.32. The van der Waals surface area contributed by atoms with E-state index in [9.17, 15) is 4.79 Å². The Labute approximate surface area is 187 Å². The molecule has 4 heterocycles. The SMILES string of the molecule is CC(C)n1c(=O)n(C)c2cnc3ccc(-c4ccc(OCCCN5CCC5)nc4)cc3c21. The number of ether oxygens (including phenoxy) is 1. The summed E-state index contributed by atoms with van der Waals surface area (Å²) in [5.41, 5.74) is 4.66. The van der Waals surface area contributed by atoms with E-state index in [2.05, 4.69) is 20.9 Å². The van der Waals surface area contributed by atoms with Crippen LogP contribution in [0, 0.1) is 0 Å². The van der Waals surface area contributed by atoms with E-state index in [-0.39, 0.29) is 11.7 Å². The summed E-state index contributed by atoms with van der Waals surface area (Å²) in [6.07, 6.45) is 5.97. The number of imidazole rings is 1. The highest BCUT2D eigenvalue weighted by Gasteiger charge is 2.17. The average Bonchev–Trinajstić information content (AvgIpc) is 3.03.